The summed E-state index contributed by atoms with van der Waals surface area (Å²) in [6.07, 6.45) is -0.296. The molecule has 0 bridgehead atoms. The van der Waals surface area contributed by atoms with E-state index in [2.05, 4.69) is 5.32 Å². The van der Waals surface area contributed by atoms with Crippen molar-refractivity contribution in [1.29, 1.82) is 0 Å². The molecule has 0 saturated heterocycles. The Labute approximate surface area is 103 Å². The van der Waals surface area contributed by atoms with Crippen LogP contribution in [0.5, 0.6) is 0 Å². The Morgan fingerprint density at radius 3 is 2.06 bits per heavy atom. The van der Waals surface area contributed by atoms with Crippen LogP contribution in [0.4, 0.5) is 4.79 Å². The van der Waals surface area contributed by atoms with Crippen molar-refractivity contribution in [2.75, 3.05) is 6.26 Å². The van der Waals surface area contributed by atoms with Crippen molar-refractivity contribution >= 4 is 16.2 Å². The lowest BCUT2D eigenvalue weighted by Gasteiger charge is -2.24. The van der Waals surface area contributed by atoms with Crippen LogP contribution in [0.25, 0.3) is 0 Å². The highest BCUT2D eigenvalue weighted by Crippen LogP contribution is 2.08. The zero-order chi connectivity index (χ0) is 13.9. The summed E-state index contributed by atoms with van der Waals surface area (Å²) in [5.74, 6) is 0. The lowest BCUT2D eigenvalue weighted by molar-refractivity contribution is 0.0466. The summed E-state index contributed by atoms with van der Waals surface area (Å²) in [6, 6.07) is -0.473. The van der Waals surface area contributed by atoms with Crippen molar-refractivity contribution in [3.05, 3.63) is 0 Å². The molecule has 102 valence electrons. The number of carbonyl (C=O) groups excluding carboxylic acids is 1. The molecule has 0 aromatic heterocycles. The van der Waals surface area contributed by atoms with Crippen molar-refractivity contribution in [3.63, 3.8) is 0 Å². The summed E-state index contributed by atoms with van der Waals surface area (Å²) in [4.78, 5) is 11.4. The van der Waals surface area contributed by atoms with Gasteiger partial charge in [0.2, 0.25) is 0 Å². The number of ether oxygens (including phenoxy) is 1. The molecule has 0 aromatic carbocycles. The van der Waals surface area contributed by atoms with Gasteiger partial charge >= 0.3 is 6.09 Å². The monoisotopic (exact) mass is 267 g/mol. The standard InChI is InChI=1S/C10H21NO5S/c1-7(8(2)16-17(6,13)14)11-9(12)15-10(3,4)5/h7-8H,1-6H3,(H,11,12). The van der Waals surface area contributed by atoms with E-state index in [1.165, 1.54) is 0 Å². The summed E-state index contributed by atoms with van der Waals surface area (Å²) in [7, 11) is -3.53. The second kappa shape index (κ2) is 5.68. The Hall–Kier alpha value is -0.820. The van der Waals surface area contributed by atoms with Gasteiger partial charge in [-0.15, -0.1) is 0 Å². The van der Waals surface area contributed by atoms with Crippen molar-refractivity contribution in [3.8, 4) is 0 Å². The fraction of sp³-hybridized carbons (Fsp3) is 0.900. The first-order chi connectivity index (χ1) is 7.41. The van der Waals surface area contributed by atoms with Crippen LogP contribution >= 0.6 is 0 Å². The Kier molecular flexibility index (Phi) is 5.41. The smallest absolute Gasteiger partial charge is 0.407 e. The predicted octanol–water partition coefficient (Wildman–Crippen LogP) is 1.26. The summed E-state index contributed by atoms with van der Waals surface area (Å²) in [5, 5.41) is 2.51. The molecule has 0 rings (SSSR count). The number of hydrogen-bond donors (Lipinski definition) is 1. The van der Waals surface area contributed by atoms with E-state index in [0.29, 0.717) is 0 Å². The number of hydrogen-bond acceptors (Lipinski definition) is 5. The second-order valence-electron chi connectivity index (χ2n) is 4.94. The van der Waals surface area contributed by atoms with Crippen LogP contribution in [0.3, 0.4) is 0 Å². The highest BCUT2D eigenvalue weighted by Gasteiger charge is 2.22. The fourth-order valence-electron chi connectivity index (χ4n) is 0.970. The third kappa shape index (κ3) is 8.93. The molecular formula is C10H21NO5S. The maximum Gasteiger partial charge on any atom is 0.407 e. The lowest BCUT2D eigenvalue weighted by Crippen LogP contribution is -2.44. The highest BCUT2D eigenvalue weighted by atomic mass is 32.2. The molecule has 0 aliphatic heterocycles. The van der Waals surface area contributed by atoms with Crippen LogP contribution in [-0.4, -0.2) is 38.5 Å². The van der Waals surface area contributed by atoms with Gasteiger partial charge in [-0.2, -0.15) is 8.42 Å². The summed E-state index contributed by atoms with van der Waals surface area (Å²) in [5.41, 5.74) is -0.593. The Morgan fingerprint density at radius 2 is 1.71 bits per heavy atom. The second-order valence-corrected chi connectivity index (χ2v) is 6.54. The van der Waals surface area contributed by atoms with Crippen molar-refractivity contribution in [2.24, 2.45) is 0 Å². The van der Waals surface area contributed by atoms with Crippen LogP contribution in [0.15, 0.2) is 0 Å². The maximum atomic E-state index is 11.4. The third-order valence-electron chi connectivity index (χ3n) is 1.78. The molecule has 6 nitrogen and oxygen atoms in total. The fourth-order valence-corrected chi connectivity index (χ4v) is 1.69. The minimum atomic E-state index is -3.53. The van der Waals surface area contributed by atoms with E-state index >= 15 is 0 Å². The zero-order valence-corrected chi connectivity index (χ0v) is 11.9. The Morgan fingerprint density at radius 1 is 1.24 bits per heavy atom. The minimum absolute atomic E-state index is 0.473. The summed E-state index contributed by atoms with van der Waals surface area (Å²) < 4.78 is 31.6. The SMILES string of the molecule is CC(NC(=O)OC(C)(C)C)C(C)OS(C)(=O)=O. The van der Waals surface area contributed by atoms with Crippen LogP contribution in [0.2, 0.25) is 0 Å². The average molecular weight is 267 g/mol. The van der Waals surface area contributed by atoms with E-state index in [1.54, 1.807) is 34.6 Å². The first-order valence-corrected chi connectivity index (χ1v) is 7.10. The quantitative estimate of drug-likeness (QED) is 0.776. The van der Waals surface area contributed by atoms with E-state index in [1.807, 2.05) is 0 Å². The van der Waals surface area contributed by atoms with Crippen LogP contribution in [-0.2, 0) is 19.0 Å². The molecule has 17 heavy (non-hydrogen) atoms. The topological polar surface area (TPSA) is 81.7 Å². The van der Waals surface area contributed by atoms with Gasteiger partial charge in [0, 0.05) is 0 Å². The van der Waals surface area contributed by atoms with E-state index in [4.69, 9.17) is 8.92 Å². The molecule has 0 saturated carbocycles. The average Bonchev–Trinajstić information content (AvgIpc) is 1.95. The number of nitrogens with one attached hydrogen (secondary N) is 1. The molecule has 0 aliphatic rings. The molecule has 0 heterocycles. The molecule has 2 atom stereocenters. The Balaban J connectivity index is 4.26. The molecule has 0 spiro atoms. The first kappa shape index (κ1) is 16.2. The lowest BCUT2D eigenvalue weighted by atomic mass is 10.2. The van der Waals surface area contributed by atoms with E-state index in [-0.39, 0.29) is 0 Å². The van der Waals surface area contributed by atoms with Gasteiger partial charge < -0.3 is 10.1 Å². The van der Waals surface area contributed by atoms with Gasteiger partial charge in [0.05, 0.1) is 18.4 Å². The number of rotatable bonds is 4. The molecule has 2 unspecified atom stereocenters. The van der Waals surface area contributed by atoms with Gasteiger partial charge in [0.1, 0.15) is 5.60 Å². The number of amides is 1. The molecule has 0 aromatic rings. The number of carbonyl (C=O) groups is 1. The number of alkyl carbamates (subject to hydrolysis) is 1. The zero-order valence-electron chi connectivity index (χ0n) is 11.1. The van der Waals surface area contributed by atoms with Gasteiger partial charge in [-0.25, -0.2) is 4.79 Å². The maximum absolute atomic E-state index is 11.4. The largest absolute Gasteiger partial charge is 0.444 e. The molecule has 1 N–H and O–H groups in total. The van der Waals surface area contributed by atoms with E-state index in [9.17, 15) is 13.2 Å². The van der Waals surface area contributed by atoms with Gasteiger partial charge in [0.25, 0.3) is 10.1 Å². The third-order valence-corrected chi connectivity index (χ3v) is 2.43. The normalized spacial score (nSPS) is 16.1. The van der Waals surface area contributed by atoms with Gasteiger partial charge in [-0.1, -0.05) is 0 Å². The van der Waals surface area contributed by atoms with Crippen molar-refractivity contribution in [2.45, 2.75) is 52.4 Å². The van der Waals surface area contributed by atoms with Gasteiger partial charge in [0.15, 0.2) is 0 Å². The van der Waals surface area contributed by atoms with E-state index < -0.39 is 34.0 Å². The molecule has 7 heteroatoms. The van der Waals surface area contributed by atoms with Crippen LogP contribution < -0.4 is 5.32 Å². The van der Waals surface area contributed by atoms with Crippen LogP contribution in [0.1, 0.15) is 34.6 Å². The highest BCUT2D eigenvalue weighted by molar-refractivity contribution is 7.86. The Bertz CT molecular complexity index is 357. The molecule has 0 fully saturated rings. The first-order valence-electron chi connectivity index (χ1n) is 5.28. The summed E-state index contributed by atoms with van der Waals surface area (Å²) in [6.45, 7) is 8.43. The van der Waals surface area contributed by atoms with Crippen LogP contribution in [0, 0.1) is 0 Å². The van der Waals surface area contributed by atoms with Crippen molar-refractivity contribution in [1.82, 2.24) is 5.32 Å². The molecular weight excluding hydrogens is 246 g/mol. The predicted molar refractivity (Wildman–Crippen MR) is 64.2 cm³/mol. The minimum Gasteiger partial charge on any atom is -0.444 e. The summed E-state index contributed by atoms with van der Waals surface area (Å²) >= 11 is 0. The van der Waals surface area contributed by atoms with Crippen molar-refractivity contribution < 1.29 is 22.1 Å². The molecule has 0 aliphatic carbocycles. The van der Waals surface area contributed by atoms with E-state index in [0.717, 1.165) is 6.26 Å². The van der Waals surface area contributed by atoms with Gasteiger partial charge in [-0.3, -0.25) is 4.18 Å². The van der Waals surface area contributed by atoms with Gasteiger partial charge in [-0.05, 0) is 34.6 Å². The molecule has 0 radical (unpaired) electrons. The molecule has 1 amide bonds.